The van der Waals surface area contributed by atoms with Crippen LogP contribution < -0.4 is 4.90 Å². The van der Waals surface area contributed by atoms with Crippen LogP contribution in [0.2, 0.25) is 0 Å². The van der Waals surface area contributed by atoms with Gasteiger partial charge < -0.3 is 4.90 Å². The first-order valence-electron chi connectivity index (χ1n) is 8.73. The molecule has 1 aromatic heterocycles. The minimum absolute atomic E-state index is 0.179. The van der Waals surface area contributed by atoms with Gasteiger partial charge in [-0.2, -0.15) is 0 Å². The number of carbonyl (C=O) groups is 1. The quantitative estimate of drug-likeness (QED) is 0.565. The second-order valence-electron chi connectivity index (χ2n) is 6.53. The molecule has 0 aliphatic rings. The van der Waals surface area contributed by atoms with E-state index in [1.807, 2.05) is 26.1 Å². The molecule has 0 saturated carbocycles. The second kappa shape index (κ2) is 7.79. The summed E-state index contributed by atoms with van der Waals surface area (Å²) >= 11 is 1.76. The summed E-state index contributed by atoms with van der Waals surface area (Å²) in [6, 6.07) is 14.5. The summed E-state index contributed by atoms with van der Waals surface area (Å²) in [4.78, 5) is 18.9. The lowest BCUT2D eigenvalue weighted by Crippen LogP contribution is -2.26. The van der Waals surface area contributed by atoms with E-state index in [1.54, 1.807) is 16.2 Å². The second-order valence-corrected chi connectivity index (χ2v) is 7.64. The van der Waals surface area contributed by atoms with Crippen molar-refractivity contribution < 1.29 is 4.79 Å². The molecule has 1 heterocycles. The molecule has 3 aromatic rings. The van der Waals surface area contributed by atoms with Crippen molar-refractivity contribution >= 4 is 33.1 Å². The maximum atomic E-state index is 12.5. The monoisotopic (exact) mass is 352 g/mol. The molecule has 0 fully saturated rings. The van der Waals surface area contributed by atoms with E-state index >= 15 is 0 Å². The first-order chi connectivity index (χ1) is 12.0. The lowest BCUT2D eigenvalue weighted by molar-refractivity contribution is -0.118. The fourth-order valence-electron chi connectivity index (χ4n) is 2.96. The minimum atomic E-state index is 0.179. The van der Waals surface area contributed by atoms with Gasteiger partial charge in [-0.3, -0.25) is 4.79 Å². The van der Waals surface area contributed by atoms with Crippen LogP contribution >= 0.6 is 11.3 Å². The highest BCUT2D eigenvalue weighted by Gasteiger charge is 2.13. The van der Waals surface area contributed by atoms with Gasteiger partial charge >= 0.3 is 0 Å². The molecular formula is C21H24N2OS. The average molecular weight is 353 g/mol. The van der Waals surface area contributed by atoms with Crippen LogP contribution in [0, 0.1) is 13.8 Å². The molecule has 1 amide bonds. The standard InChI is InChI=1S/C21H24N2OS/c1-15-12-13-16(2)18(14-15)23(3)21(24)11-7-6-10-20-22-17-8-4-5-9-19(17)25-20/h4-5,8-9,12-14H,6-7,10-11H2,1-3H3. The van der Waals surface area contributed by atoms with Crippen molar-refractivity contribution in [2.45, 2.75) is 39.5 Å². The number of fused-ring (bicyclic) bond motifs is 1. The zero-order chi connectivity index (χ0) is 17.8. The summed E-state index contributed by atoms with van der Waals surface area (Å²) in [6.45, 7) is 4.10. The highest BCUT2D eigenvalue weighted by Crippen LogP contribution is 2.24. The zero-order valence-electron chi connectivity index (χ0n) is 15.1. The Hall–Kier alpha value is -2.20. The molecule has 0 radical (unpaired) electrons. The SMILES string of the molecule is Cc1ccc(C)c(N(C)C(=O)CCCCc2nc3ccccc3s2)c1. The van der Waals surface area contributed by atoms with Gasteiger partial charge in [0.15, 0.2) is 0 Å². The van der Waals surface area contributed by atoms with E-state index in [2.05, 4.69) is 42.2 Å². The molecule has 130 valence electrons. The van der Waals surface area contributed by atoms with Gasteiger partial charge in [-0.25, -0.2) is 4.98 Å². The van der Waals surface area contributed by atoms with Crippen LogP contribution in [0.4, 0.5) is 5.69 Å². The Bertz CT molecular complexity index is 851. The number of anilines is 1. The molecule has 3 rings (SSSR count). The minimum Gasteiger partial charge on any atom is -0.315 e. The van der Waals surface area contributed by atoms with Gasteiger partial charge in [-0.05, 0) is 62.4 Å². The van der Waals surface area contributed by atoms with Crippen LogP contribution in [0.1, 0.15) is 35.4 Å². The first-order valence-corrected chi connectivity index (χ1v) is 9.54. The fourth-order valence-corrected chi connectivity index (χ4v) is 3.97. The molecule has 0 unspecified atom stereocenters. The summed E-state index contributed by atoms with van der Waals surface area (Å²) in [7, 11) is 1.87. The van der Waals surface area contributed by atoms with Gasteiger partial charge in [0.2, 0.25) is 5.91 Å². The van der Waals surface area contributed by atoms with Gasteiger partial charge in [0, 0.05) is 19.2 Å². The number of benzene rings is 2. The molecular weight excluding hydrogens is 328 g/mol. The lowest BCUT2D eigenvalue weighted by atomic mass is 10.1. The number of hydrogen-bond acceptors (Lipinski definition) is 3. The number of amides is 1. The third-order valence-corrected chi connectivity index (χ3v) is 5.57. The zero-order valence-corrected chi connectivity index (χ0v) is 15.9. The number of thiazole rings is 1. The van der Waals surface area contributed by atoms with Crippen molar-refractivity contribution in [1.82, 2.24) is 4.98 Å². The lowest BCUT2D eigenvalue weighted by Gasteiger charge is -2.20. The maximum Gasteiger partial charge on any atom is 0.226 e. The third kappa shape index (κ3) is 4.26. The van der Waals surface area contributed by atoms with Crippen LogP contribution in [0.5, 0.6) is 0 Å². The van der Waals surface area contributed by atoms with Crippen molar-refractivity contribution in [1.29, 1.82) is 0 Å². The van der Waals surface area contributed by atoms with E-state index < -0.39 is 0 Å². The number of aryl methyl sites for hydroxylation is 3. The molecule has 0 saturated heterocycles. The maximum absolute atomic E-state index is 12.5. The Morgan fingerprint density at radius 3 is 2.72 bits per heavy atom. The van der Waals surface area contributed by atoms with Gasteiger partial charge in [-0.1, -0.05) is 24.3 Å². The highest BCUT2D eigenvalue weighted by atomic mass is 32.1. The number of unbranched alkanes of at least 4 members (excludes halogenated alkanes) is 1. The van der Waals surface area contributed by atoms with Gasteiger partial charge in [-0.15, -0.1) is 11.3 Å². The molecule has 4 heteroatoms. The molecule has 0 spiro atoms. The van der Waals surface area contributed by atoms with Crippen molar-refractivity contribution in [3.63, 3.8) is 0 Å². The molecule has 0 N–H and O–H groups in total. The topological polar surface area (TPSA) is 33.2 Å². The Balaban J connectivity index is 1.51. The van der Waals surface area contributed by atoms with Crippen molar-refractivity contribution in [3.05, 3.63) is 58.6 Å². The van der Waals surface area contributed by atoms with Crippen LogP contribution in [-0.4, -0.2) is 17.9 Å². The molecule has 2 aromatic carbocycles. The summed E-state index contributed by atoms with van der Waals surface area (Å²) in [6.07, 6.45) is 3.41. The van der Waals surface area contributed by atoms with Gasteiger partial charge in [0.05, 0.1) is 15.2 Å². The fraction of sp³-hybridized carbons (Fsp3) is 0.333. The number of para-hydroxylation sites is 1. The highest BCUT2D eigenvalue weighted by molar-refractivity contribution is 7.18. The number of aromatic nitrogens is 1. The van der Waals surface area contributed by atoms with Crippen molar-refractivity contribution in [2.24, 2.45) is 0 Å². The number of nitrogens with zero attached hydrogens (tertiary/aromatic N) is 2. The van der Waals surface area contributed by atoms with E-state index in [-0.39, 0.29) is 5.91 Å². The van der Waals surface area contributed by atoms with Crippen molar-refractivity contribution in [2.75, 3.05) is 11.9 Å². The van der Waals surface area contributed by atoms with Gasteiger partial charge in [0.25, 0.3) is 0 Å². The van der Waals surface area contributed by atoms with Crippen LogP contribution in [0.3, 0.4) is 0 Å². The molecule has 3 nitrogen and oxygen atoms in total. The molecule has 0 atom stereocenters. The normalized spacial score (nSPS) is 11.0. The van der Waals surface area contributed by atoms with E-state index in [1.165, 1.54) is 10.3 Å². The van der Waals surface area contributed by atoms with E-state index in [0.29, 0.717) is 6.42 Å². The summed E-state index contributed by atoms with van der Waals surface area (Å²) in [5, 5.41) is 1.16. The Labute approximate surface area is 153 Å². The van der Waals surface area contributed by atoms with E-state index in [9.17, 15) is 4.79 Å². The summed E-state index contributed by atoms with van der Waals surface area (Å²) in [5.41, 5.74) is 4.40. The first kappa shape index (κ1) is 17.6. The Morgan fingerprint density at radius 1 is 1.12 bits per heavy atom. The smallest absolute Gasteiger partial charge is 0.226 e. The Kier molecular flexibility index (Phi) is 5.49. The van der Waals surface area contributed by atoms with Crippen LogP contribution in [-0.2, 0) is 11.2 Å². The number of rotatable bonds is 6. The molecule has 0 bridgehead atoms. The Morgan fingerprint density at radius 2 is 1.92 bits per heavy atom. The van der Waals surface area contributed by atoms with Crippen LogP contribution in [0.15, 0.2) is 42.5 Å². The average Bonchev–Trinajstić information content (AvgIpc) is 3.02. The van der Waals surface area contributed by atoms with E-state index in [4.69, 9.17) is 0 Å². The van der Waals surface area contributed by atoms with Crippen molar-refractivity contribution in [3.8, 4) is 0 Å². The predicted molar refractivity (Wildman–Crippen MR) is 107 cm³/mol. The predicted octanol–water partition coefficient (Wildman–Crippen LogP) is 5.29. The third-order valence-electron chi connectivity index (χ3n) is 4.47. The van der Waals surface area contributed by atoms with Gasteiger partial charge in [0.1, 0.15) is 0 Å². The molecule has 0 aliphatic carbocycles. The molecule has 25 heavy (non-hydrogen) atoms. The number of carbonyl (C=O) groups excluding carboxylic acids is 1. The summed E-state index contributed by atoms with van der Waals surface area (Å²) < 4.78 is 1.24. The van der Waals surface area contributed by atoms with Crippen LogP contribution in [0.25, 0.3) is 10.2 Å². The molecule has 0 aliphatic heterocycles. The largest absolute Gasteiger partial charge is 0.315 e. The summed E-state index contributed by atoms with van der Waals surface area (Å²) in [5.74, 6) is 0.179. The van der Waals surface area contributed by atoms with E-state index in [0.717, 1.165) is 41.0 Å². The number of hydrogen-bond donors (Lipinski definition) is 0.